The number of nitrogens with one attached hydrogen (secondary N) is 1. The molecule has 0 atom stereocenters. The van der Waals surface area contributed by atoms with Crippen LogP contribution in [0.25, 0.3) is 21.3 Å². The molecule has 0 aliphatic carbocycles. The Balaban J connectivity index is 1.88. The summed E-state index contributed by atoms with van der Waals surface area (Å²) in [7, 11) is 0. The molecule has 2 aromatic carbocycles. The number of nitriles is 1. The van der Waals surface area contributed by atoms with Crippen LogP contribution in [-0.4, -0.2) is 9.55 Å². The molecule has 0 saturated heterocycles. The largest absolute Gasteiger partial charge is 0.329 e. The van der Waals surface area contributed by atoms with E-state index in [1.807, 2.05) is 6.07 Å². The summed E-state index contributed by atoms with van der Waals surface area (Å²) in [5, 5.41) is 11.2. The van der Waals surface area contributed by atoms with E-state index in [0.29, 0.717) is 32.5 Å². The molecule has 0 unspecified atom stereocenters. The van der Waals surface area contributed by atoms with Crippen molar-refractivity contribution in [1.29, 1.82) is 5.26 Å². The van der Waals surface area contributed by atoms with Gasteiger partial charge in [-0.2, -0.15) is 5.26 Å². The van der Waals surface area contributed by atoms with Gasteiger partial charge in [-0.05, 0) is 35.4 Å². The highest BCUT2D eigenvalue weighted by atomic mass is 32.1. The summed E-state index contributed by atoms with van der Waals surface area (Å²) in [5.41, 5.74) is 1.56. The molecule has 0 spiro atoms. The fourth-order valence-electron chi connectivity index (χ4n) is 2.96. The lowest BCUT2D eigenvalue weighted by atomic mass is 10.1. The van der Waals surface area contributed by atoms with Crippen molar-refractivity contribution in [3.05, 3.63) is 91.7 Å². The molecule has 4 rings (SSSR count). The zero-order valence-corrected chi connectivity index (χ0v) is 14.7. The number of benzene rings is 2. The highest BCUT2D eigenvalue weighted by molar-refractivity contribution is 7.17. The number of rotatable bonds is 3. The van der Waals surface area contributed by atoms with Gasteiger partial charge < -0.3 is 0 Å². The molecule has 5 nitrogen and oxygen atoms in total. The van der Waals surface area contributed by atoms with Crippen LogP contribution in [0.4, 0.5) is 4.39 Å². The minimum atomic E-state index is -0.512. The molecule has 132 valence electrons. The summed E-state index contributed by atoms with van der Waals surface area (Å²) in [4.78, 5) is 28.7. The Kier molecular flexibility index (Phi) is 4.18. The summed E-state index contributed by atoms with van der Waals surface area (Å²) in [6.45, 7) is 0.0539. The highest BCUT2D eigenvalue weighted by Crippen LogP contribution is 2.30. The summed E-state index contributed by atoms with van der Waals surface area (Å²) < 4.78 is 14.3. The van der Waals surface area contributed by atoms with Crippen molar-refractivity contribution < 1.29 is 4.39 Å². The van der Waals surface area contributed by atoms with Gasteiger partial charge in [0.25, 0.3) is 5.56 Å². The second-order valence-electron chi connectivity index (χ2n) is 5.99. The van der Waals surface area contributed by atoms with E-state index in [1.165, 1.54) is 23.5 Å². The Labute approximate surface area is 156 Å². The Morgan fingerprint density at radius 3 is 2.67 bits per heavy atom. The first kappa shape index (κ1) is 16.9. The molecular weight excluding hydrogens is 365 g/mol. The van der Waals surface area contributed by atoms with E-state index in [-0.39, 0.29) is 12.4 Å². The Morgan fingerprint density at radius 1 is 1.15 bits per heavy atom. The van der Waals surface area contributed by atoms with Crippen LogP contribution in [0.15, 0.2) is 63.5 Å². The Hall–Kier alpha value is -3.50. The third-order valence-electron chi connectivity index (χ3n) is 4.27. The fraction of sp³-hybridized carbons (Fsp3) is 0.0500. The van der Waals surface area contributed by atoms with Crippen molar-refractivity contribution in [3.8, 4) is 17.2 Å². The lowest BCUT2D eigenvalue weighted by molar-refractivity contribution is 0.628. The van der Waals surface area contributed by atoms with E-state index in [1.54, 1.807) is 41.8 Å². The molecule has 0 aliphatic heterocycles. The van der Waals surface area contributed by atoms with Gasteiger partial charge >= 0.3 is 5.69 Å². The molecule has 7 heteroatoms. The maximum atomic E-state index is 13.2. The molecule has 0 fully saturated rings. The number of hydrogen-bond acceptors (Lipinski definition) is 4. The summed E-state index contributed by atoms with van der Waals surface area (Å²) in [6.07, 6.45) is 0. The van der Waals surface area contributed by atoms with Crippen molar-refractivity contribution in [2.24, 2.45) is 0 Å². The first-order chi connectivity index (χ1) is 13.1. The number of fused-ring (bicyclic) bond motifs is 1. The molecule has 0 amide bonds. The maximum absolute atomic E-state index is 13.2. The molecule has 1 N–H and O–H groups in total. The molecule has 4 aromatic rings. The Bertz CT molecular complexity index is 1310. The minimum absolute atomic E-state index is 0.0539. The zero-order valence-electron chi connectivity index (χ0n) is 13.9. The molecule has 0 saturated carbocycles. The SMILES string of the molecule is N#Cc1cccc(Cn2c(=O)[nH]c3scc(-c4ccc(F)cc4)c3c2=O)c1. The van der Waals surface area contributed by atoms with E-state index >= 15 is 0 Å². The van der Waals surface area contributed by atoms with Gasteiger partial charge in [0.1, 0.15) is 10.6 Å². The van der Waals surface area contributed by atoms with Gasteiger partial charge in [0.2, 0.25) is 0 Å². The number of halogens is 1. The number of hydrogen-bond donors (Lipinski definition) is 1. The van der Waals surface area contributed by atoms with Crippen LogP contribution in [0.5, 0.6) is 0 Å². The smallest absolute Gasteiger partial charge is 0.298 e. The van der Waals surface area contributed by atoms with Crippen molar-refractivity contribution in [2.75, 3.05) is 0 Å². The predicted octanol–water partition coefficient (Wildman–Crippen LogP) is 3.48. The average Bonchev–Trinajstić information content (AvgIpc) is 3.09. The van der Waals surface area contributed by atoms with Gasteiger partial charge in [0.05, 0.1) is 23.6 Å². The first-order valence-corrected chi connectivity index (χ1v) is 8.94. The molecule has 2 aromatic heterocycles. The quantitative estimate of drug-likeness (QED) is 0.594. The average molecular weight is 377 g/mol. The van der Waals surface area contributed by atoms with Crippen molar-refractivity contribution >= 4 is 21.6 Å². The summed E-state index contributed by atoms with van der Waals surface area (Å²) in [6, 6.07) is 14.7. The van der Waals surface area contributed by atoms with Gasteiger partial charge in [-0.15, -0.1) is 11.3 Å². The van der Waals surface area contributed by atoms with Crippen LogP contribution in [-0.2, 0) is 6.54 Å². The topological polar surface area (TPSA) is 78.7 Å². The second kappa shape index (κ2) is 6.67. The lowest BCUT2D eigenvalue weighted by Crippen LogP contribution is -2.35. The monoisotopic (exact) mass is 377 g/mol. The highest BCUT2D eigenvalue weighted by Gasteiger charge is 2.15. The van der Waals surface area contributed by atoms with Crippen molar-refractivity contribution in [2.45, 2.75) is 6.54 Å². The normalized spacial score (nSPS) is 10.8. The van der Waals surface area contributed by atoms with Crippen LogP contribution in [0.3, 0.4) is 0 Å². The van der Waals surface area contributed by atoms with E-state index in [4.69, 9.17) is 5.26 Å². The number of thiophene rings is 1. The van der Waals surface area contributed by atoms with E-state index in [0.717, 1.165) is 4.57 Å². The van der Waals surface area contributed by atoms with Crippen molar-refractivity contribution in [1.82, 2.24) is 9.55 Å². The van der Waals surface area contributed by atoms with Crippen LogP contribution >= 0.6 is 11.3 Å². The second-order valence-corrected chi connectivity index (χ2v) is 6.87. The predicted molar refractivity (Wildman–Crippen MR) is 102 cm³/mol. The Morgan fingerprint density at radius 2 is 1.93 bits per heavy atom. The van der Waals surface area contributed by atoms with Crippen LogP contribution < -0.4 is 11.2 Å². The fourth-order valence-corrected chi connectivity index (χ4v) is 3.91. The molecule has 0 radical (unpaired) electrons. The first-order valence-electron chi connectivity index (χ1n) is 8.06. The van der Waals surface area contributed by atoms with E-state index in [2.05, 4.69) is 4.98 Å². The lowest BCUT2D eigenvalue weighted by Gasteiger charge is -2.06. The number of H-pyrrole nitrogens is 1. The minimum Gasteiger partial charge on any atom is -0.298 e. The van der Waals surface area contributed by atoms with Crippen LogP contribution in [0.1, 0.15) is 11.1 Å². The van der Waals surface area contributed by atoms with Crippen molar-refractivity contribution in [3.63, 3.8) is 0 Å². The third kappa shape index (κ3) is 3.07. The summed E-state index contributed by atoms with van der Waals surface area (Å²) in [5.74, 6) is -0.360. The number of aromatic nitrogens is 2. The number of nitrogens with zero attached hydrogens (tertiary/aromatic N) is 2. The third-order valence-corrected chi connectivity index (χ3v) is 5.16. The van der Waals surface area contributed by atoms with E-state index < -0.39 is 11.2 Å². The number of aromatic amines is 1. The molecule has 27 heavy (non-hydrogen) atoms. The van der Waals surface area contributed by atoms with Gasteiger partial charge in [-0.3, -0.25) is 14.3 Å². The molecule has 2 heterocycles. The molecule has 0 aliphatic rings. The zero-order chi connectivity index (χ0) is 19.0. The standard InChI is InChI=1S/C20H12FN3O2S/c21-15-6-4-14(5-7-15)16-11-27-18-17(16)19(25)24(20(26)23-18)10-13-3-1-2-12(8-13)9-22/h1-8,11H,10H2,(H,23,26). The van der Waals surface area contributed by atoms with Crippen LogP contribution in [0.2, 0.25) is 0 Å². The molecular formula is C20H12FN3O2S. The maximum Gasteiger partial charge on any atom is 0.329 e. The van der Waals surface area contributed by atoms with E-state index in [9.17, 15) is 14.0 Å². The van der Waals surface area contributed by atoms with Gasteiger partial charge in [-0.25, -0.2) is 9.18 Å². The summed E-state index contributed by atoms with van der Waals surface area (Å²) >= 11 is 1.26. The van der Waals surface area contributed by atoms with Gasteiger partial charge in [-0.1, -0.05) is 24.3 Å². The molecule has 0 bridgehead atoms. The van der Waals surface area contributed by atoms with Gasteiger partial charge in [0.15, 0.2) is 0 Å². The van der Waals surface area contributed by atoms with Crippen LogP contribution in [0, 0.1) is 17.1 Å². The van der Waals surface area contributed by atoms with Gasteiger partial charge in [0, 0.05) is 10.9 Å².